The molecule has 1 atom stereocenters. The third kappa shape index (κ3) is 6.99. The van der Waals surface area contributed by atoms with Crippen LogP contribution in [0.25, 0.3) is 0 Å². The van der Waals surface area contributed by atoms with Crippen LogP contribution >= 0.6 is 0 Å². The van der Waals surface area contributed by atoms with Crippen LogP contribution in [-0.2, 0) is 9.53 Å². The normalized spacial score (nSPS) is 17.7. The Morgan fingerprint density at radius 2 is 0.379 bits per heavy atom. The van der Waals surface area contributed by atoms with Crippen molar-refractivity contribution in [3.05, 3.63) is 12.7 Å². The fourth-order valence-electron chi connectivity index (χ4n) is 3.82. The molecule has 0 heterocycles. The summed E-state index contributed by atoms with van der Waals surface area (Å²) in [5, 5.41) is 0. The first kappa shape index (κ1) is 62.3. The lowest BCUT2D eigenvalue weighted by atomic mass is 9.82. The lowest BCUT2D eigenvalue weighted by molar-refractivity contribution is -0.498. The number of halogens is 41. The monoisotopic (exact) mass is 1090 g/mol. The zero-order valence-electron chi connectivity index (χ0n) is 28.1. The van der Waals surface area contributed by atoms with Crippen molar-refractivity contribution >= 4 is 5.97 Å². The van der Waals surface area contributed by atoms with Gasteiger partial charge in [0.15, 0.2) is 0 Å². The van der Waals surface area contributed by atoms with Crippen molar-refractivity contribution in [3.8, 4) is 0 Å². The summed E-state index contributed by atoms with van der Waals surface area (Å²) in [6.45, 7) is 1.90. The van der Waals surface area contributed by atoms with E-state index in [2.05, 4.69) is 0 Å². The Hall–Kier alpha value is -3.66. The first-order valence-electron chi connectivity index (χ1n) is 13.8. The Balaban J connectivity index is 8.08. The zero-order chi connectivity index (χ0) is 55.0. The summed E-state index contributed by atoms with van der Waals surface area (Å²) in [5.41, 5.74) is 0. The van der Waals surface area contributed by atoms with E-state index in [9.17, 15) is 185 Å². The van der Waals surface area contributed by atoms with Gasteiger partial charge in [0.05, 0.1) is 0 Å². The van der Waals surface area contributed by atoms with E-state index in [0.717, 1.165) is 0 Å². The van der Waals surface area contributed by atoms with Gasteiger partial charge in [-0.15, -0.1) is 0 Å². The van der Waals surface area contributed by atoms with Gasteiger partial charge in [-0.25, -0.2) is 4.79 Å². The highest BCUT2D eigenvalue weighted by molar-refractivity contribution is 5.81. The number of carbonyl (C=O) groups is 1. The first-order valence-corrected chi connectivity index (χ1v) is 13.8. The van der Waals surface area contributed by atoms with E-state index in [1.165, 1.54) is 0 Å². The van der Waals surface area contributed by atoms with E-state index >= 15 is 0 Å². The fraction of sp³-hybridized carbons (Fsp3) is 0.870. The van der Waals surface area contributed by atoms with Gasteiger partial charge in [-0.1, -0.05) is 6.58 Å². The Morgan fingerprint density at radius 1 is 0.242 bits per heavy atom. The Bertz CT molecular complexity index is 1810. The summed E-state index contributed by atoms with van der Waals surface area (Å²) in [4.78, 5) is 10.7. The van der Waals surface area contributed by atoms with Gasteiger partial charge in [0.25, 0.3) is 0 Å². The molecule has 66 heavy (non-hydrogen) atoms. The van der Waals surface area contributed by atoms with Crippen LogP contribution in [-0.4, -0.2) is 125 Å². The average molecular weight is 1090 g/mol. The number of carbonyl (C=O) groups excluding carboxylic acids is 1. The molecule has 0 aromatic carbocycles. The Labute approximate surface area is 328 Å². The van der Waals surface area contributed by atoms with E-state index in [1.54, 1.807) is 0 Å². The second kappa shape index (κ2) is 15.2. The molecule has 0 aliphatic heterocycles. The summed E-state index contributed by atoms with van der Waals surface area (Å²) in [6.07, 6.45) is -18.0. The van der Waals surface area contributed by atoms with Crippen molar-refractivity contribution in [3.63, 3.8) is 0 Å². The van der Waals surface area contributed by atoms with Crippen LogP contribution < -0.4 is 0 Å². The SMILES string of the molecule is C=CC(=O)OC(F)(C(F)(F)F)C(F)(F)C(F)(F)C(F)(F)C(F)(F)C(F)(F)C(F)(F)C(F)(F)C(F)(F)C(F)(F)C(F)(F)C(F)(F)C(F)(F)C(F)(F)C(F)(F)C(F)(F)C(F)(F)C(F)(F)C(F)(F)F. The van der Waals surface area contributed by atoms with E-state index in [4.69, 9.17) is 0 Å². The highest BCUT2D eigenvalue weighted by Crippen LogP contribution is 2.71. The molecule has 0 aliphatic rings. The number of hydrogen-bond acceptors (Lipinski definition) is 2. The van der Waals surface area contributed by atoms with Gasteiger partial charge in [-0.05, 0) is 0 Å². The van der Waals surface area contributed by atoms with Crippen LogP contribution in [0, 0.1) is 0 Å². The smallest absolute Gasteiger partial charge is 0.411 e. The molecule has 0 aromatic rings. The first-order chi connectivity index (χ1) is 27.7. The molecular formula is C23H3F41O2. The fourth-order valence-corrected chi connectivity index (χ4v) is 3.82. The molecule has 0 spiro atoms. The third-order valence-electron chi connectivity index (χ3n) is 7.84. The van der Waals surface area contributed by atoms with E-state index < -0.39 is 131 Å². The molecule has 0 radical (unpaired) electrons. The molecule has 0 amide bonds. The maximum Gasteiger partial charge on any atom is 0.467 e. The molecular weight excluding hydrogens is 1090 g/mol. The number of rotatable bonds is 19. The number of ether oxygens (including phenoxy) is 1. The third-order valence-corrected chi connectivity index (χ3v) is 7.84. The molecule has 1 unspecified atom stereocenters. The second-order valence-corrected chi connectivity index (χ2v) is 12.0. The number of esters is 1. The summed E-state index contributed by atoms with van der Waals surface area (Å²) < 4.78 is 561. The summed E-state index contributed by atoms with van der Waals surface area (Å²) >= 11 is 0. The average Bonchev–Trinajstić information content (AvgIpc) is 3.08. The van der Waals surface area contributed by atoms with Crippen molar-refractivity contribution in [2.45, 2.75) is 119 Å². The van der Waals surface area contributed by atoms with Crippen molar-refractivity contribution in [2.24, 2.45) is 0 Å². The van der Waals surface area contributed by atoms with Gasteiger partial charge < -0.3 is 4.74 Å². The molecule has 0 saturated heterocycles. The summed E-state index contributed by atoms with van der Waals surface area (Å²) in [5.74, 6) is -185. The van der Waals surface area contributed by atoms with Gasteiger partial charge in [0, 0.05) is 6.08 Å². The molecule has 2 nitrogen and oxygen atoms in total. The standard InChI is InChI=1S/C23H3F41O2/c1-2-3(65)66-21(58,23(62,63)64)19(54,55)17(50,51)15(46,47)13(42,43)11(38,39)9(34,35)7(30,31)5(26,27)4(24,25)6(28,29)8(32,33)10(36,37)12(40,41)14(44,45)16(48,49)18(52,53)20(56,57)22(59,60)61/h2H,1H2. The largest absolute Gasteiger partial charge is 0.467 e. The topological polar surface area (TPSA) is 26.3 Å². The molecule has 0 bridgehead atoms. The molecule has 0 aromatic heterocycles. The van der Waals surface area contributed by atoms with Crippen LogP contribution in [0.4, 0.5) is 180 Å². The maximum absolute atomic E-state index is 14.1. The molecule has 0 rings (SSSR count). The predicted octanol–water partition coefficient (Wildman–Crippen LogP) is 13.3. The highest BCUT2D eigenvalue weighted by Gasteiger charge is 3.03. The van der Waals surface area contributed by atoms with Gasteiger partial charge in [-0.2, -0.15) is 180 Å². The molecule has 43 heteroatoms. The number of hydrogen-bond donors (Lipinski definition) is 0. The predicted molar refractivity (Wildman–Crippen MR) is 116 cm³/mol. The van der Waals surface area contributed by atoms with E-state index in [1.807, 2.05) is 11.3 Å². The summed E-state index contributed by atoms with van der Waals surface area (Å²) in [7, 11) is 0. The van der Waals surface area contributed by atoms with E-state index in [-0.39, 0.29) is 0 Å². The van der Waals surface area contributed by atoms with Crippen molar-refractivity contribution in [1.29, 1.82) is 0 Å². The van der Waals surface area contributed by atoms with Crippen LogP contribution in [0.5, 0.6) is 0 Å². The van der Waals surface area contributed by atoms with Crippen LogP contribution in [0.2, 0.25) is 0 Å². The van der Waals surface area contributed by atoms with Crippen molar-refractivity contribution < 1.29 is 190 Å². The summed E-state index contributed by atoms with van der Waals surface area (Å²) in [6, 6.07) is 0. The molecule has 0 saturated carbocycles. The minimum atomic E-state index is -10.7. The van der Waals surface area contributed by atoms with Crippen LogP contribution in [0.15, 0.2) is 12.7 Å². The minimum absolute atomic E-state index is 1.10. The van der Waals surface area contributed by atoms with Crippen LogP contribution in [0.3, 0.4) is 0 Å². The molecule has 394 valence electrons. The van der Waals surface area contributed by atoms with Crippen molar-refractivity contribution in [1.82, 2.24) is 0 Å². The van der Waals surface area contributed by atoms with Crippen LogP contribution in [0.1, 0.15) is 0 Å². The minimum Gasteiger partial charge on any atom is -0.411 e. The van der Waals surface area contributed by atoms with Gasteiger partial charge >= 0.3 is 125 Å². The number of alkyl halides is 41. The highest BCUT2D eigenvalue weighted by atomic mass is 19.4. The van der Waals surface area contributed by atoms with Gasteiger partial charge in [0.2, 0.25) is 0 Å². The maximum atomic E-state index is 14.1. The lowest BCUT2D eigenvalue weighted by Gasteiger charge is -2.47. The van der Waals surface area contributed by atoms with Crippen molar-refractivity contribution in [2.75, 3.05) is 0 Å². The Kier molecular flexibility index (Phi) is 14.3. The molecule has 0 fully saturated rings. The molecule has 0 N–H and O–H groups in total. The van der Waals surface area contributed by atoms with Gasteiger partial charge in [-0.3, -0.25) is 0 Å². The quantitative estimate of drug-likeness (QED) is 0.0732. The zero-order valence-corrected chi connectivity index (χ0v) is 28.1. The molecule has 0 aliphatic carbocycles. The lowest BCUT2D eigenvalue weighted by Crippen LogP contribution is -2.80. The van der Waals surface area contributed by atoms with Gasteiger partial charge in [0.1, 0.15) is 0 Å². The second-order valence-electron chi connectivity index (χ2n) is 12.0. The van der Waals surface area contributed by atoms with E-state index in [0.29, 0.717) is 0 Å². The Morgan fingerprint density at radius 3 is 0.500 bits per heavy atom.